The highest BCUT2D eigenvalue weighted by atomic mass is 16.6. The van der Waals surface area contributed by atoms with Crippen molar-refractivity contribution in [1.29, 1.82) is 5.26 Å². The molecule has 0 amide bonds. The molecule has 19 heteroatoms. The number of nitriles is 1. The van der Waals surface area contributed by atoms with Crippen molar-refractivity contribution in [3.63, 3.8) is 0 Å². The molecule has 3 saturated heterocycles. The van der Waals surface area contributed by atoms with E-state index in [1.165, 1.54) is 20.8 Å². The van der Waals surface area contributed by atoms with Gasteiger partial charge in [0.15, 0.2) is 11.5 Å². The molecule has 0 aromatic rings. The molecule has 398 valence electrons. The van der Waals surface area contributed by atoms with Crippen LogP contribution in [-0.2, 0) is 85.8 Å². The maximum Gasteiger partial charge on any atom is 0.350 e. The molecule has 19 nitrogen and oxygen atoms in total. The molecule has 6 saturated carbocycles. The van der Waals surface area contributed by atoms with Crippen molar-refractivity contribution in [2.75, 3.05) is 6.61 Å². The quantitative estimate of drug-likeness (QED) is 0.130. The Morgan fingerprint density at radius 2 is 1.14 bits per heavy atom. The Kier molecular flexibility index (Phi) is 15.0. The standard InChI is InChI=1S/C19H25NO6.2C17H24O6/c1-6-17(2,3)14(21)26-18(4,5)15(22)24-12-10-7-11-13(12)25-16(23)19(11,8-10)9-20;1-5-17(3,4)16(20)21-8(2)14(18)22-12-9-6-10-11(7-9)15(19)23-13(10)12;1-4-17(2,3)16(20)21-6-5-12(18)22-13-9-7-10-11(8-9)15(19)23-14(10)13/h10-13H,6-8H2,1-5H3;8-13H,5-7H2,1-4H3;9-11,13-14H,4-8H2,1-3H3. The number of nitrogens with zero attached hydrogens (tertiary/aromatic N) is 1. The topological polar surface area (TPSA) is 260 Å². The minimum Gasteiger partial charge on any atom is -0.465 e. The lowest BCUT2D eigenvalue weighted by molar-refractivity contribution is -0.192. The molecular formula is C53H73NO18. The van der Waals surface area contributed by atoms with Gasteiger partial charge in [-0.15, -0.1) is 0 Å². The summed E-state index contributed by atoms with van der Waals surface area (Å²) in [5, 5.41) is 9.42. The van der Waals surface area contributed by atoms with Gasteiger partial charge in [0.05, 0.1) is 40.6 Å². The van der Waals surface area contributed by atoms with Crippen molar-refractivity contribution < 1.29 is 85.8 Å². The Bertz CT molecular complexity index is 2260. The summed E-state index contributed by atoms with van der Waals surface area (Å²) in [4.78, 5) is 109. The van der Waals surface area contributed by atoms with E-state index in [-0.39, 0.29) is 96.6 Å². The highest BCUT2D eigenvalue weighted by Gasteiger charge is 2.72. The number of carbonyl (C=O) groups excluding carboxylic acids is 9. The van der Waals surface area contributed by atoms with Crippen molar-refractivity contribution in [3.05, 3.63) is 0 Å². The highest BCUT2D eigenvalue weighted by Crippen LogP contribution is 2.62. The molecular weight excluding hydrogens is 939 g/mol. The van der Waals surface area contributed by atoms with Crippen molar-refractivity contribution in [2.24, 2.45) is 69.0 Å². The zero-order chi connectivity index (χ0) is 53.2. The summed E-state index contributed by atoms with van der Waals surface area (Å²) in [5.41, 5.74) is -4.39. The SMILES string of the molecule is CCC(C)(C)C(=O)OC(C)(C)C(=O)OC1C2CC3C1OC(=O)C3(C#N)C2.CCC(C)(C)C(=O)OC(C)C(=O)OC1C2CC3C(=O)OC1C3C2.CCC(C)(C)C(=O)OCCC(=O)OC1C2CC3C(=O)OC1C3C2. The van der Waals surface area contributed by atoms with Crippen LogP contribution in [0.15, 0.2) is 0 Å². The second kappa shape index (κ2) is 19.9. The van der Waals surface area contributed by atoms with Crippen LogP contribution in [0, 0.1) is 80.3 Å². The normalized spacial score (nSPS) is 35.1. The van der Waals surface area contributed by atoms with Gasteiger partial charge in [0.25, 0.3) is 0 Å². The Morgan fingerprint density at radius 1 is 0.639 bits per heavy atom. The molecule has 0 N–H and O–H groups in total. The number of ether oxygens (including phenoxy) is 9. The first-order valence-electron chi connectivity index (χ1n) is 25.8. The van der Waals surface area contributed by atoms with Gasteiger partial charge in [0, 0.05) is 35.5 Å². The van der Waals surface area contributed by atoms with E-state index in [9.17, 15) is 48.4 Å². The summed E-state index contributed by atoms with van der Waals surface area (Å²) in [7, 11) is 0. The van der Waals surface area contributed by atoms with Crippen LogP contribution in [-0.4, -0.2) is 109 Å². The molecule has 9 rings (SSSR count). The highest BCUT2D eigenvalue weighted by molar-refractivity contribution is 5.87. The number of fused-ring (bicyclic) bond motifs is 3. The van der Waals surface area contributed by atoms with E-state index < -0.39 is 87.5 Å². The molecule has 16 unspecified atom stereocenters. The molecule has 0 radical (unpaired) electrons. The maximum atomic E-state index is 12.6. The summed E-state index contributed by atoms with van der Waals surface area (Å²) in [5.74, 6) is -3.14. The third-order valence-corrected chi connectivity index (χ3v) is 17.7. The Hall–Kier alpha value is -5.28. The number of carbonyl (C=O) groups is 9. The third-order valence-electron chi connectivity index (χ3n) is 17.7. The minimum absolute atomic E-state index is 0.0113. The molecule has 6 aliphatic carbocycles. The zero-order valence-corrected chi connectivity index (χ0v) is 43.7. The number of esters is 9. The Balaban J connectivity index is 0.000000159. The fourth-order valence-corrected chi connectivity index (χ4v) is 11.8. The van der Waals surface area contributed by atoms with Crippen molar-refractivity contribution in [3.8, 4) is 6.07 Å². The van der Waals surface area contributed by atoms with E-state index in [4.69, 9.17) is 42.6 Å². The van der Waals surface area contributed by atoms with E-state index in [0.29, 0.717) is 32.1 Å². The molecule has 72 heavy (non-hydrogen) atoms. The van der Waals surface area contributed by atoms with E-state index in [1.807, 2.05) is 34.6 Å². The largest absolute Gasteiger partial charge is 0.465 e. The van der Waals surface area contributed by atoms with Gasteiger partial charge in [-0.2, -0.15) is 5.26 Å². The monoisotopic (exact) mass is 1010 g/mol. The predicted molar refractivity (Wildman–Crippen MR) is 246 cm³/mol. The average molecular weight is 1010 g/mol. The molecule has 9 fully saturated rings. The van der Waals surface area contributed by atoms with Crippen LogP contribution in [0.3, 0.4) is 0 Å². The van der Waals surface area contributed by atoms with E-state index in [1.54, 1.807) is 27.7 Å². The van der Waals surface area contributed by atoms with Gasteiger partial charge >= 0.3 is 53.7 Å². The number of hydrogen-bond acceptors (Lipinski definition) is 19. The molecule has 16 atom stereocenters. The van der Waals surface area contributed by atoms with Crippen LogP contribution < -0.4 is 0 Å². The van der Waals surface area contributed by atoms with Gasteiger partial charge in [-0.3, -0.25) is 33.6 Å². The van der Waals surface area contributed by atoms with Gasteiger partial charge in [-0.1, -0.05) is 20.8 Å². The van der Waals surface area contributed by atoms with Crippen LogP contribution in [0.1, 0.15) is 147 Å². The summed E-state index contributed by atoms with van der Waals surface area (Å²) in [6, 6.07) is 2.12. The molecule has 0 aromatic carbocycles. The second-order valence-corrected chi connectivity index (χ2v) is 23.8. The molecule has 3 aliphatic heterocycles. The summed E-state index contributed by atoms with van der Waals surface area (Å²) >= 11 is 0. The molecule has 9 aliphatic rings. The van der Waals surface area contributed by atoms with E-state index >= 15 is 0 Å². The summed E-state index contributed by atoms with van der Waals surface area (Å²) in [6.45, 7) is 20.9. The minimum atomic E-state index is -1.44. The van der Waals surface area contributed by atoms with Gasteiger partial charge in [-0.25, -0.2) is 9.59 Å². The summed E-state index contributed by atoms with van der Waals surface area (Å²) in [6.07, 6.45) is 2.74. The lowest BCUT2D eigenvalue weighted by Crippen LogP contribution is -2.47. The molecule has 0 aromatic heterocycles. The smallest absolute Gasteiger partial charge is 0.350 e. The molecule has 6 bridgehead atoms. The summed E-state index contributed by atoms with van der Waals surface area (Å²) < 4.78 is 48.6. The van der Waals surface area contributed by atoms with Gasteiger partial charge in [0.2, 0.25) is 5.60 Å². The number of hydrogen-bond donors (Lipinski definition) is 0. The molecule has 0 spiro atoms. The van der Waals surface area contributed by atoms with Crippen molar-refractivity contribution in [1.82, 2.24) is 0 Å². The van der Waals surface area contributed by atoms with Gasteiger partial charge in [0.1, 0.15) is 43.2 Å². The van der Waals surface area contributed by atoms with E-state index in [0.717, 1.165) is 25.7 Å². The van der Waals surface area contributed by atoms with Crippen LogP contribution in [0.2, 0.25) is 0 Å². The van der Waals surface area contributed by atoms with Crippen LogP contribution >= 0.6 is 0 Å². The van der Waals surface area contributed by atoms with Crippen LogP contribution in [0.5, 0.6) is 0 Å². The van der Waals surface area contributed by atoms with Gasteiger partial charge in [-0.05, 0) is 120 Å². The average Bonchev–Trinajstić information content (AvgIpc) is 4.22. The molecule has 3 heterocycles. The zero-order valence-electron chi connectivity index (χ0n) is 43.7. The van der Waals surface area contributed by atoms with Gasteiger partial charge < -0.3 is 42.6 Å². The fourth-order valence-electron chi connectivity index (χ4n) is 11.8. The maximum absolute atomic E-state index is 12.6. The number of rotatable bonds is 16. The first-order chi connectivity index (χ1) is 33.6. The Morgan fingerprint density at radius 3 is 1.67 bits per heavy atom. The fraction of sp³-hybridized carbons (Fsp3) is 0.811. The van der Waals surface area contributed by atoms with E-state index in [2.05, 4.69) is 6.07 Å². The van der Waals surface area contributed by atoms with Crippen LogP contribution in [0.25, 0.3) is 0 Å². The third kappa shape index (κ3) is 9.92. The second-order valence-electron chi connectivity index (χ2n) is 23.8. The predicted octanol–water partition coefficient (Wildman–Crippen LogP) is 5.83. The Labute approximate surface area is 421 Å². The van der Waals surface area contributed by atoms with Crippen molar-refractivity contribution in [2.45, 2.75) is 196 Å². The first-order valence-corrected chi connectivity index (χ1v) is 25.8. The van der Waals surface area contributed by atoms with Crippen molar-refractivity contribution >= 4 is 53.7 Å². The first kappa shape index (κ1) is 54.5. The lowest BCUT2D eigenvalue weighted by atomic mass is 9.74. The lowest BCUT2D eigenvalue weighted by Gasteiger charge is -2.32. The van der Waals surface area contributed by atoms with Crippen LogP contribution in [0.4, 0.5) is 0 Å².